The van der Waals surface area contributed by atoms with Crippen LogP contribution in [0, 0.1) is 38.0 Å². The zero-order valence-corrected chi connectivity index (χ0v) is 30.1. The fourth-order valence-electron chi connectivity index (χ4n) is 8.79. The van der Waals surface area contributed by atoms with Gasteiger partial charge in [-0.2, -0.15) is 4.98 Å². The molecule has 9 nitrogen and oxygen atoms in total. The number of fused-ring (bicyclic) bond motifs is 7. The van der Waals surface area contributed by atoms with Crippen LogP contribution < -0.4 is 14.4 Å². The second kappa shape index (κ2) is 11.8. The standard InChI is InChI=1S/C39H46N6O3S/c1-22(2)29-16-31(37-25(5)40-21-34(42-37)45(6)27-19-39(20-27)13-14-39)30-17-33(29)48-35-18-32(36-23(3)9-7-10-24(36)4)41-38(43-35)44-49(46,47)28-12-8-11-26(30)15-28/h7-12,15,18,21-22,27,29-31,33H,13-14,16-17,19-20H2,1-6H3,(H,41,43,44). The van der Waals surface area contributed by atoms with E-state index in [9.17, 15) is 8.42 Å². The second-order valence-electron chi connectivity index (χ2n) is 15.5. The lowest BCUT2D eigenvalue weighted by atomic mass is 9.65. The highest BCUT2D eigenvalue weighted by Crippen LogP contribution is 2.62. The minimum absolute atomic E-state index is 0.00151. The summed E-state index contributed by atoms with van der Waals surface area (Å²) >= 11 is 0. The van der Waals surface area contributed by atoms with Gasteiger partial charge in [0.2, 0.25) is 11.8 Å². The number of aromatic nitrogens is 4. The van der Waals surface area contributed by atoms with Crippen LogP contribution in [0.2, 0.25) is 0 Å². The van der Waals surface area contributed by atoms with Gasteiger partial charge in [-0.15, -0.1) is 0 Å². The van der Waals surface area contributed by atoms with Crippen LogP contribution in [-0.2, 0) is 10.0 Å². The molecule has 0 amide bonds. The Balaban J connectivity index is 1.23. The molecule has 0 saturated heterocycles. The van der Waals surface area contributed by atoms with Crippen molar-refractivity contribution < 1.29 is 13.2 Å². The predicted molar refractivity (Wildman–Crippen MR) is 192 cm³/mol. The maximum atomic E-state index is 13.9. The summed E-state index contributed by atoms with van der Waals surface area (Å²) in [4.78, 5) is 22.1. The Morgan fingerprint density at radius 1 is 0.939 bits per heavy atom. The van der Waals surface area contributed by atoms with Crippen LogP contribution in [0.1, 0.15) is 92.3 Å². The van der Waals surface area contributed by atoms with E-state index in [4.69, 9.17) is 19.7 Å². The molecule has 4 unspecified atom stereocenters. The van der Waals surface area contributed by atoms with Gasteiger partial charge in [-0.25, -0.2) is 23.1 Å². The quantitative estimate of drug-likeness (QED) is 0.228. The first-order valence-electron chi connectivity index (χ1n) is 17.7. The number of hydrogen-bond acceptors (Lipinski definition) is 8. The van der Waals surface area contributed by atoms with E-state index < -0.39 is 10.0 Å². The number of ether oxygens (including phenoxy) is 1. The molecule has 2 aromatic carbocycles. The fraction of sp³-hybridized carbons (Fsp3) is 0.487. The number of sulfonamides is 1. The SMILES string of the molecule is Cc1cccc(C)c1-c1cc2nc(n1)NS(=O)(=O)c1cccc(c1)C1CC(O2)C(C(C)C)CC1c1nc(N(C)C2CC3(CC3)C2)cnc1C. The molecule has 256 valence electrons. The molecule has 6 bridgehead atoms. The Hall–Kier alpha value is -4.05. The smallest absolute Gasteiger partial charge is 0.264 e. The lowest BCUT2D eigenvalue weighted by molar-refractivity contribution is 0.0433. The van der Waals surface area contributed by atoms with Crippen molar-refractivity contribution in [2.75, 3.05) is 16.7 Å². The molecule has 1 N–H and O–H groups in total. The first kappa shape index (κ1) is 32.2. The van der Waals surface area contributed by atoms with Crippen LogP contribution in [0.3, 0.4) is 0 Å². The molecule has 3 heterocycles. The molecule has 1 aliphatic heterocycles. The van der Waals surface area contributed by atoms with Crippen molar-refractivity contribution in [2.45, 2.75) is 102 Å². The zero-order chi connectivity index (χ0) is 34.2. The van der Waals surface area contributed by atoms with E-state index in [0.717, 1.165) is 45.9 Å². The minimum atomic E-state index is -4.00. The number of nitrogens with zero attached hydrogens (tertiary/aromatic N) is 5. The Morgan fingerprint density at radius 2 is 1.67 bits per heavy atom. The van der Waals surface area contributed by atoms with E-state index in [1.54, 1.807) is 6.07 Å². The largest absolute Gasteiger partial charge is 0.474 e. The van der Waals surface area contributed by atoms with E-state index in [1.165, 1.54) is 25.7 Å². The number of hydrogen-bond donors (Lipinski definition) is 1. The van der Waals surface area contributed by atoms with E-state index in [1.807, 2.05) is 62.5 Å². The van der Waals surface area contributed by atoms with Gasteiger partial charge >= 0.3 is 0 Å². The number of benzene rings is 2. The first-order chi connectivity index (χ1) is 23.4. The van der Waals surface area contributed by atoms with Gasteiger partial charge in [-0.05, 0) is 111 Å². The Morgan fingerprint density at radius 3 is 2.39 bits per heavy atom. The summed E-state index contributed by atoms with van der Waals surface area (Å²) < 4.78 is 37.4. The highest BCUT2D eigenvalue weighted by atomic mass is 32.2. The highest BCUT2D eigenvalue weighted by molar-refractivity contribution is 7.92. The van der Waals surface area contributed by atoms with Crippen molar-refractivity contribution in [2.24, 2.45) is 17.3 Å². The molecule has 8 rings (SSSR count). The predicted octanol–water partition coefficient (Wildman–Crippen LogP) is 7.73. The van der Waals surface area contributed by atoms with Gasteiger partial charge < -0.3 is 9.64 Å². The van der Waals surface area contributed by atoms with Crippen LogP contribution in [0.4, 0.5) is 11.8 Å². The van der Waals surface area contributed by atoms with Gasteiger partial charge in [0, 0.05) is 30.6 Å². The van der Waals surface area contributed by atoms with Crippen LogP contribution in [0.15, 0.2) is 59.6 Å². The number of rotatable bonds is 5. The van der Waals surface area contributed by atoms with Gasteiger partial charge in [0.25, 0.3) is 10.0 Å². The summed E-state index contributed by atoms with van der Waals surface area (Å²) in [6.45, 7) is 10.6. The van der Waals surface area contributed by atoms with Crippen molar-refractivity contribution in [3.05, 3.63) is 82.8 Å². The van der Waals surface area contributed by atoms with Gasteiger partial charge in [0.05, 0.1) is 28.2 Å². The maximum Gasteiger partial charge on any atom is 0.264 e. The molecular weight excluding hydrogens is 633 g/mol. The first-order valence-corrected chi connectivity index (χ1v) is 19.2. The second-order valence-corrected chi connectivity index (χ2v) is 17.2. The van der Waals surface area contributed by atoms with Gasteiger partial charge in [-0.3, -0.25) is 4.98 Å². The fourth-order valence-corrected chi connectivity index (χ4v) is 9.79. The summed E-state index contributed by atoms with van der Waals surface area (Å²) in [5.74, 6) is 1.81. The van der Waals surface area contributed by atoms with Crippen molar-refractivity contribution in [1.29, 1.82) is 0 Å². The third-order valence-electron chi connectivity index (χ3n) is 11.9. The van der Waals surface area contributed by atoms with Crippen LogP contribution >= 0.6 is 0 Å². The summed E-state index contributed by atoms with van der Waals surface area (Å²) in [7, 11) is -1.84. The molecule has 3 aliphatic carbocycles. The number of nitrogens with one attached hydrogen (secondary N) is 1. The molecular formula is C39H46N6O3S. The molecule has 0 radical (unpaired) electrons. The summed E-state index contributed by atoms with van der Waals surface area (Å²) in [6.07, 6.45) is 8.48. The van der Waals surface area contributed by atoms with Gasteiger partial charge in [0.15, 0.2) is 0 Å². The molecule has 49 heavy (non-hydrogen) atoms. The minimum Gasteiger partial charge on any atom is -0.474 e. The van der Waals surface area contributed by atoms with E-state index in [2.05, 4.69) is 42.4 Å². The Kier molecular flexibility index (Phi) is 7.74. The third kappa shape index (κ3) is 5.85. The molecule has 4 aliphatic rings. The zero-order valence-electron chi connectivity index (χ0n) is 29.3. The average molecular weight is 679 g/mol. The van der Waals surface area contributed by atoms with Gasteiger partial charge in [-0.1, -0.05) is 44.2 Å². The number of aryl methyl sites for hydroxylation is 3. The monoisotopic (exact) mass is 678 g/mol. The molecule has 4 atom stereocenters. The molecule has 3 fully saturated rings. The van der Waals surface area contributed by atoms with Crippen molar-refractivity contribution >= 4 is 21.8 Å². The van der Waals surface area contributed by atoms with Gasteiger partial charge in [0.1, 0.15) is 11.9 Å². The van der Waals surface area contributed by atoms with Crippen molar-refractivity contribution in [1.82, 2.24) is 19.9 Å². The normalized spacial score (nSPS) is 26.1. The molecule has 10 heteroatoms. The Labute approximate surface area is 290 Å². The summed E-state index contributed by atoms with van der Waals surface area (Å²) in [5.41, 5.74) is 7.13. The number of anilines is 2. The lowest BCUT2D eigenvalue weighted by Crippen LogP contribution is -2.44. The maximum absolute atomic E-state index is 13.9. The third-order valence-corrected chi connectivity index (χ3v) is 13.2. The van der Waals surface area contributed by atoms with E-state index >= 15 is 0 Å². The van der Waals surface area contributed by atoms with Crippen LogP contribution in [-0.4, -0.2) is 47.5 Å². The Bertz CT molecular complexity index is 2020. The average Bonchev–Trinajstić information content (AvgIpc) is 3.85. The van der Waals surface area contributed by atoms with E-state index in [-0.39, 0.29) is 34.7 Å². The summed E-state index contributed by atoms with van der Waals surface area (Å²) in [6, 6.07) is 15.8. The van der Waals surface area contributed by atoms with E-state index in [0.29, 0.717) is 35.4 Å². The highest BCUT2D eigenvalue weighted by Gasteiger charge is 2.54. The van der Waals surface area contributed by atoms with Crippen molar-refractivity contribution in [3.63, 3.8) is 0 Å². The molecule has 4 aromatic rings. The topological polar surface area (TPSA) is 110 Å². The molecule has 3 saturated carbocycles. The molecule has 2 aromatic heterocycles. The summed E-state index contributed by atoms with van der Waals surface area (Å²) in [5, 5.41) is 0. The van der Waals surface area contributed by atoms with Crippen LogP contribution in [0.25, 0.3) is 11.3 Å². The lowest BCUT2D eigenvalue weighted by Gasteiger charge is -2.44. The van der Waals surface area contributed by atoms with Crippen LogP contribution in [0.5, 0.6) is 5.88 Å². The van der Waals surface area contributed by atoms with Crippen molar-refractivity contribution in [3.8, 4) is 17.1 Å². The molecule has 1 spiro atoms.